The Labute approximate surface area is 116 Å². The molecule has 0 rings (SSSR count). The molecule has 0 N–H and O–H groups in total. The first-order valence-electron chi connectivity index (χ1n) is 8.02. The zero-order valence-corrected chi connectivity index (χ0v) is 12.9. The Kier molecular flexibility index (Phi) is 12.6. The average molecular weight is 250 g/mol. The van der Waals surface area contributed by atoms with E-state index in [1.165, 1.54) is 76.2 Å². The van der Waals surface area contributed by atoms with Gasteiger partial charge in [-0.3, -0.25) is 0 Å². The maximum Gasteiger partial charge on any atom is -0.0282 e. The van der Waals surface area contributed by atoms with Crippen molar-refractivity contribution in [1.82, 2.24) is 0 Å². The summed E-state index contributed by atoms with van der Waals surface area (Å²) in [5.41, 5.74) is 2.40. The lowest BCUT2D eigenvalue weighted by molar-refractivity contribution is 0.549. The Hall–Kier alpha value is -0.520. The SMILES string of the molecule is C=C(C)C(=C)CCCCCCCCCCCCC. The largest absolute Gasteiger partial charge is 0.0959 e. The molecule has 0 saturated heterocycles. The molecule has 0 fully saturated rings. The molecular formula is C18H34. The molecule has 0 aliphatic heterocycles. The van der Waals surface area contributed by atoms with Gasteiger partial charge < -0.3 is 0 Å². The van der Waals surface area contributed by atoms with Gasteiger partial charge in [0.2, 0.25) is 0 Å². The summed E-state index contributed by atoms with van der Waals surface area (Å²) in [6, 6.07) is 0. The minimum atomic E-state index is 1.15. The molecule has 0 heterocycles. The standard InChI is InChI=1S/C18H34/c1-5-6-7-8-9-10-11-12-13-14-15-16-18(4)17(2)3/h2,4-16H2,1,3H3. The number of rotatable bonds is 13. The molecule has 0 aromatic carbocycles. The number of allylic oxidation sites excluding steroid dienone is 2. The smallest absolute Gasteiger partial charge is 0.0282 e. The summed E-state index contributed by atoms with van der Waals surface area (Å²) in [6.45, 7) is 12.3. The molecule has 0 saturated carbocycles. The van der Waals surface area contributed by atoms with Gasteiger partial charge >= 0.3 is 0 Å². The molecule has 0 nitrogen and oxygen atoms in total. The number of hydrogen-bond donors (Lipinski definition) is 0. The van der Waals surface area contributed by atoms with Crippen LogP contribution in [-0.2, 0) is 0 Å². The second-order valence-electron chi connectivity index (χ2n) is 5.67. The highest BCUT2D eigenvalue weighted by atomic mass is 14.0. The highest BCUT2D eigenvalue weighted by Crippen LogP contribution is 2.16. The molecule has 0 aromatic heterocycles. The molecule has 0 spiro atoms. The van der Waals surface area contributed by atoms with E-state index in [0.717, 1.165) is 12.0 Å². The van der Waals surface area contributed by atoms with Gasteiger partial charge in [-0.2, -0.15) is 0 Å². The van der Waals surface area contributed by atoms with Gasteiger partial charge in [-0.25, -0.2) is 0 Å². The predicted molar refractivity (Wildman–Crippen MR) is 85.0 cm³/mol. The Morgan fingerprint density at radius 3 is 1.44 bits per heavy atom. The molecule has 0 aliphatic carbocycles. The van der Waals surface area contributed by atoms with Crippen molar-refractivity contribution in [1.29, 1.82) is 0 Å². The Morgan fingerprint density at radius 2 is 1.06 bits per heavy atom. The third-order valence-corrected chi connectivity index (χ3v) is 3.69. The van der Waals surface area contributed by atoms with Crippen molar-refractivity contribution in [3.05, 3.63) is 24.3 Å². The van der Waals surface area contributed by atoms with Gasteiger partial charge in [-0.15, -0.1) is 0 Å². The van der Waals surface area contributed by atoms with Crippen LogP contribution in [0.4, 0.5) is 0 Å². The lowest BCUT2D eigenvalue weighted by Gasteiger charge is -2.05. The van der Waals surface area contributed by atoms with Crippen LogP contribution in [-0.4, -0.2) is 0 Å². The van der Waals surface area contributed by atoms with E-state index in [1.54, 1.807) is 0 Å². The van der Waals surface area contributed by atoms with E-state index in [-0.39, 0.29) is 0 Å². The summed E-state index contributed by atoms with van der Waals surface area (Å²) >= 11 is 0. The zero-order chi connectivity index (χ0) is 13.6. The van der Waals surface area contributed by atoms with Gasteiger partial charge in [0, 0.05) is 0 Å². The molecule has 0 radical (unpaired) electrons. The summed E-state index contributed by atoms with van der Waals surface area (Å²) in [7, 11) is 0. The van der Waals surface area contributed by atoms with Crippen molar-refractivity contribution in [3.63, 3.8) is 0 Å². The molecule has 0 bridgehead atoms. The summed E-state index contributed by atoms with van der Waals surface area (Å²) in [4.78, 5) is 0. The third kappa shape index (κ3) is 12.0. The molecule has 0 aromatic rings. The Morgan fingerprint density at radius 1 is 0.667 bits per heavy atom. The monoisotopic (exact) mass is 250 g/mol. The Balaban J connectivity index is 3.07. The minimum absolute atomic E-state index is 1.15. The second kappa shape index (κ2) is 12.9. The Bertz CT molecular complexity index is 212. The number of unbranched alkanes of at least 4 members (excludes halogenated alkanes) is 10. The van der Waals surface area contributed by atoms with Crippen LogP contribution in [0.5, 0.6) is 0 Å². The fraction of sp³-hybridized carbons (Fsp3) is 0.778. The quantitative estimate of drug-likeness (QED) is 0.248. The maximum absolute atomic E-state index is 4.04. The van der Waals surface area contributed by atoms with Gasteiger partial charge in [0.1, 0.15) is 0 Å². The van der Waals surface area contributed by atoms with Crippen LogP contribution in [0.15, 0.2) is 24.3 Å². The molecule has 0 amide bonds. The summed E-state index contributed by atoms with van der Waals surface area (Å²) < 4.78 is 0. The summed E-state index contributed by atoms with van der Waals surface area (Å²) in [6.07, 6.45) is 16.6. The number of hydrogen-bond acceptors (Lipinski definition) is 0. The van der Waals surface area contributed by atoms with Gasteiger partial charge in [-0.1, -0.05) is 95.4 Å². The van der Waals surface area contributed by atoms with Crippen LogP contribution in [0.2, 0.25) is 0 Å². The van der Waals surface area contributed by atoms with Crippen LogP contribution in [0.3, 0.4) is 0 Å². The summed E-state index contributed by atoms with van der Waals surface area (Å²) in [5, 5.41) is 0. The predicted octanol–water partition coefficient (Wildman–Crippen LogP) is 6.82. The zero-order valence-electron chi connectivity index (χ0n) is 12.9. The molecule has 18 heavy (non-hydrogen) atoms. The van der Waals surface area contributed by atoms with E-state index in [1.807, 2.05) is 0 Å². The van der Waals surface area contributed by atoms with Crippen LogP contribution in [0.25, 0.3) is 0 Å². The molecule has 0 unspecified atom stereocenters. The lowest BCUT2D eigenvalue weighted by atomic mass is 10.0. The maximum atomic E-state index is 4.04. The molecule has 0 aliphatic rings. The van der Waals surface area contributed by atoms with Crippen LogP contribution in [0.1, 0.15) is 90.9 Å². The second-order valence-corrected chi connectivity index (χ2v) is 5.67. The third-order valence-electron chi connectivity index (χ3n) is 3.69. The van der Waals surface area contributed by atoms with Gasteiger partial charge in [0.15, 0.2) is 0 Å². The first-order valence-corrected chi connectivity index (χ1v) is 8.02. The van der Waals surface area contributed by atoms with Gasteiger partial charge in [0.25, 0.3) is 0 Å². The van der Waals surface area contributed by atoms with Crippen molar-refractivity contribution < 1.29 is 0 Å². The van der Waals surface area contributed by atoms with Crippen molar-refractivity contribution in [2.75, 3.05) is 0 Å². The lowest BCUT2D eigenvalue weighted by Crippen LogP contribution is -1.85. The van der Waals surface area contributed by atoms with Crippen molar-refractivity contribution >= 4 is 0 Å². The van der Waals surface area contributed by atoms with E-state index in [0.29, 0.717) is 0 Å². The highest BCUT2D eigenvalue weighted by molar-refractivity contribution is 5.22. The highest BCUT2D eigenvalue weighted by Gasteiger charge is 1.96. The summed E-state index contributed by atoms with van der Waals surface area (Å²) in [5.74, 6) is 0. The van der Waals surface area contributed by atoms with Crippen molar-refractivity contribution in [3.8, 4) is 0 Å². The topological polar surface area (TPSA) is 0 Å². The van der Waals surface area contributed by atoms with E-state index in [4.69, 9.17) is 0 Å². The van der Waals surface area contributed by atoms with Gasteiger partial charge in [0.05, 0.1) is 0 Å². The van der Waals surface area contributed by atoms with Crippen LogP contribution in [0, 0.1) is 0 Å². The van der Waals surface area contributed by atoms with Crippen molar-refractivity contribution in [2.24, 2.45) is 0 Å². The van der Waals surface area contributed by atoms with Crippen LogP contribution >= 0.6 is 0 Å². The minimum Gasteiger partial charge on any atom is -0.0959 e. The first-order chi connectivity index (χ1) is 8.68. The normalized spacial score (nSPS) is 10.6. The molecule has 106 valence electrons. The van der Waals surface area contributed by atoms with Gasteiger partial charge in [-0.05, 0) is 19.8 Å². The van der Waals surface area contributed by atoms with E-state index in [2.05, 4.69) is 27.0 Å². The fourth-order valence-electron chi connectivity index (χ4n) is 2.22. The fourth-order valence-corrected chi connectivity index (χ4v) is 2.22. The first kappa shape index (κ1) is 17.5. The van der Waals surface area contributed by atoms with E-state index in [9.17, 15) is 0 Å². The van der Waals surface area contributed by atoms with E-state index >= 15 is 0 Å². The molecular weight excluding hydrogens is 216 g/mol. The molecule has 0 atom stereocenters. The van der Waals surface area contributed by atoms with Crippen LogP contribution < -0.4 is 0 Å². The average Bonchev–Trinajstić information content (AvgIpc) is 2.35. The van der Waals surface area contributed by atoms with Crippen molar-refractivity contribution in [2.45, 2.75) is 90.9 Å². The molecule has 0 heteroatoms. The van der Waals surface area contributed by atoms with E-state index < -0.39 is 0 Å².